The number of hydrogen-bond acceptors (Lipinski definition) is 3. The first-order valence-electron chi connectivity index (χ1n) is 7.72. The van der Waals surface area contributed by atoms with Gasteiger partial charge in [0.05, 0.1) is 12.6 Å². The van der Waals surface area contributed by atoms with Crippen LogP contribution in [-0.4, -0.2) is 43.0 Å². The van der Waals surface area contributed by atoms with E-state index in [1.54, 1.807) is 0 Å². The Morgan fingerprint density at radius 3 is 2.30 bits per heavy atom. The van der Waals surface area contributed by atoms with Crippen molar-refractivity contribution in [2.75, 3.05) is 19.4 Å². The summed E-state index contributed by atoms with van der Waals surface area (Å²) in [4.78, 5) is 35.7. The van der Waals surface area contributed by atoms with E-state index in [1.807, 2.05) is 50.8 Å². The summed E-state index contributed by atoms with van der Waals surface area (Å²) in [6.07, 6.45) is 0.875. The number of carbonyl (C=O) groups excluding carboxylic acids is 3. The van der Waals surface area contributed by atoms with Gasteiger partial charge >= 0.3 is 0 Å². The van der Waals surface area contributed by atoms with Gasteiger partial charge in [-0.05, 0) is 18.6 Å². The Hall–Kier alpha value is -1.74. The number of amides is 2. The molecule has 23 heavy (non-hydrogen) atoms. The average molecular weight is 336 g/mol. The molecule has 0 aliphatic carbocycles. The van der Waals surface area contributed by atoms with Crippen molar-refractivity contribution in [3.05, 3.63) is 35.9 Å². The molecule has 1 unspecified atom stereocenters. The summed E-state index contributed by atoms with van der Waals surface area (Å²) in [6.45, 7) is 5.46. The van der Waals surface area contributed by atoms with Gasteiger partial charge in [0.2, 0.25) is 11.8 Å². The molecule has 2 N–H and O–H groups in total. The molecule has 0 aromatic heterocycles. The predicted molar refractivity (Wildman–Crippen MR) is 94.0 cm³/mol. The zero-order valence-corrected chi connectivity index (χ0v) is 14.9. The Balaban J connectivity index is 2.64. The fourth-order valence-corrected chi connectivity index (χ4v) is 2.57. The molecule has 2 atom stereocenters. The molecule has 0 radical (unpaired) electrons. The van der Waals surface area contributed by atoms with E-state index in [1.165, 1.54) is 0 Å². The molecule has 1 rings (SSSR count). The van der Waals surface area contributed by atoms with Crippen LogP contribution in [0.4, 0.5) is 0 Å². The highest BCUT2D eigenvalue weighted by Gasteiger charge is 2.23. The summed E-state index contributed by atoms with van der Waals surface area (Å²) in [7, 11) is 0.513. The van der Waals surface area contributed by atoms with E-state index < -0.39 is 6.04 Å². The van der Waals surface area contributed by atoms with Gasteiger partial charge in [0.15, 0.2) is 5.78 Å². The van der Waals surface area contributed by atoms with E-state index in [4.69, 9.17) is 0 Å². The van der Waals surface area contributed by atoms with Crippen molar-refractivity contribution >= 4 is 26.2 Å². The number of rotatable bonds is 9. The molecule has 0 saturated carbocycles. The third kappa shape index (κ3) is 7.38. The lowest BCUT2D eigenvalue weighted by Crippen LogP contribution is -2.48. The predicted octanol–water partition coefficient (Wildman–Crippen LogP) is 1.36. The Morgan fingerprint density at radius 2 is 1.74 bits per heavy atom. The van der Waals surface area contributed by atoms with Crippen LogP contribution in [0.3, 0.4) is 0 Å². The lowest BCUT2D eigenvalue weighted by atomic mass is 9.95. The van der Waals surface area contributed by atoms with E-state index >= 15 is 0 Å². The fourth-order valence-electron chi connectivity index (χ4n) is 2.12. The van der Waals surface area contributed by atoms with Crippen molar-refractivity contribution in [3.8, 4) is 0 Å². The van der Waals surface area contributed by atoms with Gasteiger partial charge in [-0.15, -0.1) is 8.58 Å². The van der Waals surface area contributed by atoms with Gasteiger partial charge in [-0.3, -0.25) is 14.4 Å². The maximum Gasteiger partial charge on any atom is 0.239 e. The van der Waals surface area contributed by atoms with Crippen molar-refractivity contribution in [2.45, 2.75) is 26.3 Å². The lowest BCUT2D eigenvalue weighted by molar-refractivity contribution is -0.129. The second-order valence-corrected chi connectivity index (χ2v) is 6.73. The van der Waals surface area contributed by atoms with E-state index in [0.717, 1.165) is 5.56 Å². The van der Waals surface area contributed by atoms with Crippen molar-refractivity contribution in [2.24, 2.45) is 5.92 Å². The van der Waals surface area contributed by atoms with Gasteiger partial charge in [0, 0.05) is 12.1 Å². The quantitative estimate of drug-likeness (QED) is 0.669. The molecule has 1 aromatic rings. The first-order valence-corrected chi connectivity index (χ1v) is 9.43. The standard InChI is InChI=1S/C17H25N2O3P/c1-12(2)17(22)14(9-13-7-5-4-6-8-13)19-15(20)10-18-16(21)11-23-3/h4-8,12,14,23H,9-11H2,1-3H3,(H,18,21)(H,19,20)/t14-/m0/s1. The molecule has 0 spiro atoms. The summed E-state index contributed by atoms with van der Waals surface area (Å²) in [5, 5.41) is 5.31. The second kappa shape index (κ2) is 10.1. The van der Waals surface area contributed by atoms with Crippen molar-refractivity contribution in [1.82, 2.24) is 10.6 Å². The molecule has 0 bridgehead atoms. The van der Waals surface area contributed by atoms with E-state index in [9.17, 15) is 14.4 Å². The van der Waals surface area contributed by atoms with Gasteiger partial charge in [0.25, 0.3) is 0 Å². The van der Waals surface area contributed by atoms with Crippen LogP contribution in [-0.2, 0) is 20.8 Å². The summed E-state index contributed by atoms with van der Waals surface area (Å²) in [5.41, 5.74) is 0.989. The van der Waals surface area contributed by atoms with E-state index in [2.05, 4.69) is 10.6 Å². The monoisotopic (exact) mass is 336 g/mol. The van der Waals surface area contributed by atoms with Crippen LogP contribution in [0, 0.1) is 5.92 Å². The first-order chi connectivity index (χ1) is 10.9. The molecule has 0 fully saturated rings. The zero-order valence-electron chi connectivity index (χ0n) is 13.9. The normalized spacial score (nSPS) is 12.3. The largest absolute Gasteiger partial charge is 0.347 e. The third-order valence-corrected chi connectivity index (χ3v) is 3.99. The second-order valence-electron chi connectivity index (χ2n) is 5.67. The Bertz CT molecular complexity index is 532. The number of carbonyl (C=O) groups is 3. The summed E-state index contributed by atoms with van der Waals surface area (Å²) in [5.74, 6) is -0.660. The molecular formula is C17H25N2O3P. The summed E-state index contributed by atoms with van der Waals surface area (Å²) < 4.78 is 0. The number of nitrogens with one attached hydrogen (secondary N) is 2. The Morgan fingerprint density at radius 1 is 1.09 bits per heavy atom. The molecule has 126 valence electrons. The number of Topliss-reactive ketones (excluding diaryl/α,β-unsaturated/α-hetero) is 1. The number of benzene rings is 1. The van der Waals surface area contributed by atoms with Crippen molar-refractivity contribution in [3.63, 3.8) is 0 Å². The van der Waals surface area contributed by atoms with Crippen LogP contribution >= 0.6 is 8.58 Å². The van der Waals surface area contributed by atoms with Crippen LogP contribution in [0.15, 0.2) is 30.3 Å². The molecular weight excluding hydrogens is 311 g/mol. The Labute approximate surface area is 139 Å². The highest BCUT2D eigenvalue weighted by molar-refractivity contribution is 7.38. The van der Waals surface area contributed by atoms with E-state index in [0.29, 0.717) is 21.2 Å². The van der Waals surface area contributed by atoms with Crippen LogP contribution < -0.4 is 10.6 Å². The smallest absolute Gasteiger partial charge is 0.239 e. The SMILES string of the molecule is CPCC(=O)NCC(=O)N[C@@H](Cc1ccccc1)C(=O)C(C)C. The molecule has 0 aliphatic rings. The van der Waals surface area contributed by atoms with Gasteiger partial charge in [0.1, 0.15) is 0 Å². The molecule has 6 heteroatoms. The minimum atomic E-state index is -0.574. The zero-order chi connectivity index (χ0) is 17.2. The van der Waals surface area contributed by atoms with Crippen LogP contribution in [0.2, 0.25) is 0 Å². The maximum absolute atomic E-state index is 12.3. The topological polar surface area (TPSA) is 75.3 Å². The highest BCUT2D eigenvalue weighted by Crippen LogP contribution is 2.08. The number of hydrogen-bond donors (Lipinski definition) is 2. The van der Waals surface area contributed by atoms with Gasteiger partial charge in [-0.2, -0.15) is 0 Å². The van der Waals surface area contributed by atoms with E-state index in [-0.39, 0.29) is 30.1 Å². The van der Waals surface area contributed by atoms with Crippen LogP contribution in [0.5, 0.6) is 0 Å². The lowest BCUT2D eigenvalue weighted by Gasteiger charge is -2.20. The fraction of sp³-hybridized carbons (Fsp3) is 0.471. The Kier molecular flexibility index (Phi) is 8.49. The highest BCUT2D eigenvalue weighted by atomic mass is 31.1. The van der Waals surface area contributed by atoms with Crippen molar-refractivity contribution in [1.29, 1.82) is 0 Å². The summed E-state index contributed by atoms with van der Waals surface area (Å²) >= 11 is 0. The summed E-state index contributed by atoms with van der Waals surface area (Å²) in [6, 6.07) is 8.99. The number of ketones is 1. The minimum Gasteiger partial charge on any atom is -0.347 e. The molecule has 0 saturated heterocycles. The first kappa shape index (κ1) is 19.3. The van der Waals surface area contributed by atoms with Gasteiger partial charge in [-0.25, -0.2) is 0 Å². The van der Waals surface area contributed by atoms with Crippen LogP contribution in [0.1, 0.15) is 19.4 Å². The van der Waals surface area contributed by atoms with Crippen molar-refractivity contribution < 1.29 is 14.4 Å². The molecule has 0 aliphatic heterocycles. The molecule has 2 amide bonds. The molecule has 5 nitrogen and oxygen atoms in total. The third-order valence-electron chi connectivity index (χ3n) is 3.31. The van der Waals surface area contributed by atoms with Gasteiger partial charge < -0.3 is 10.6 Å². The molecule has 0 heterocycles. The maximum atomic E-state index is 12.3. The van der Waals surface area contributed by atoms with Gasteiger partial charge in [-0.1, -0.05) is 44.2 Å². The minimum absolute atomic E-state index is 0.0106. The average Bonchev–Trinajstić information content (AvgIpc) is 2.53. The molecule has 1 aromatic carbocycles. The van der Waals surface area contributed by atoms with Crippen LogP contribution in [0.25, 0.3) is 0 Å².